The number of aliphatic imine (C=N–C) groups is 1. The van der Waals surface area contributed by atoms with Gasteiger partial charge in [0.05, 0.1) is 6.61 Å². The molecule has 0 unspecified atom stereocenters. The number of nitrogens with two attached hydrogens (primary N) is 1. The molecule has 0 aromatic heterocycles. The lowest BCUT2D eigenvalue weighted by molar-refractivity contribution is 0.291. The van der Waals surface area contributed by atoms with Gasteiger partial charge in [0.25, 0.3) is 0 Å². The van der Waals surface area contributed by atoms with Crippen molar-refractivity contribution in [3.63, 3.8) is 0 Å². The highest BCUT2D eigenvalue weighted by Crippen LogP contribution is 2.30. The molecule has 0 radical (unpaired) electrons. The highest BCUT2D eigenvalue weighted by Gasteiger charge is 2.15. The van der Waals surface area contributed by atoms with E-state index in [1.807, 2.05) is 31.2 Å². The Balaban J connectivity index is 1.85. The van der Waals surface area contributed by atoms with Crippen molar-refractivity contribution in [1.82, 2.24) is 4.90 Å². The van der Waals surface area contributed by atoms with E-state index in [1.165, 1.54) is 6.07 Å². The largest absolute Gasteiger partial charge is 0.493 e. The Morgan fingerprint density at radius 3 is 2.55 bits per heavy atom. The van der Waals surface area contributed by atoms with E-state index >= 15 is 0 Å². The molecule has 176 valence electrons. The monoisotopic (exact) mass is 449 g/mol. The van der Waals surface area contributed by atoms with Crippen LogP contribution in [0.1, 0.15) is 42.9 Å². The number of amidine groups is 1. The van der Waals surface area contributed by atoms with E-state index in [0.717, 1.165) is 47.9 Å². The molecule has 0 saturated carbocycles. The number of rotatable bonds is 12. The first-order chi connectivity index (χ1) is 16.0. The second kappa shape index (κ2) is 12.4. The standard InChI is InChI=1S/C28H36FN3O/c1-4-18-31-28(30)25-12-9-13-26(29)23(25)15-16-24-22-11-6-5-10-21(22)14-17-27(24)33-20-8-7-19-32(2)3/h5-6,9-14,17H,4,7-8,15-16,18-20H2,1-3H3,(H2,30,31). The number of benzene rings is 3. The molecule has 0 aliphatic rings. The van der Waals surface area contributed by atoms with E-state index in [9.17, 15) is 4.39 Å². The minimum absolute atomic E-state index is 0.242. The number of unbranched alkanes of at least 4 members (excludes halogenated alkanes) is 1. The van der Waals surface area contributed by atoms with Crippen molar-refractivity contribution in [3.05, 3.63) is 77.1 Å². The lowest BCUT2D eigenvalue weighted by Gasteiger charge is -2.16. The molecule has 0 fully saturated rings. The van der Waals surface area contributed by atoms with Crippen LogP contribution in [0.2, 0.25) is 0 Å². The Hall–Kier alpha value is -2.92. The zero-order valence-electron chi connectivity index (χ0n) is 20.1. The molecular weight excluding hydrogens is 413 g/mol. The highest BCUT2D eigenvalue weighted by atomic mass is 19.1. The molecule has 3 aromatic carbocycles. The summed E-state index contributed by atoms with van der Waals surface area (Å²) in [5.41, 5.74) is 8.62. The van der Waals surface area contributed by atoms with Gasteiger partial charge in [-0.3, -0.25) is 4.99 Å². The van der Waals surface area contributed by atoms with Crippen LogP contribution in [0.3, 0.4) is 0 Å². The molecule has 0 amide bonds. The first-order valence-electron chi connectivity index (χ1n) is 11.9. The third kappa shape index (κ3) is 6.78. The van der Waals surface area contributed by atoms with Gasteiger partial charge in [0, 0.05) is 17.7 Å². The minimum Gasteiger partial charge on any atom is -0.493 e. The summed E-state index contributed by atoms with van der Waals surface area (Å²) in [6.45, 7) is 4.40. The van der Waals surface area contributed by atoms with Crippen LogP contribution in [0, 0.1) is 5.82 Å². The van der Waals surface area contributed by atoms with Gasteiger partial charge in [0.1, 0.15) is 17.4 Å². The average molecular weight is 450 g/mol. The molecule has 0 aliphatic carbocycles. The van der Waals surface area contributed by atoms with E-state index in [1.54, 1.807) is 6.07 Å². The fraction of sp³-hybridized carbons (Fsp3) is 0.393. The maximum atomic E-state index is 14.9. The molecule has 5 heteroatoms. The fourth-order valence-electron chi connectivity index (χ4n) is 4.04. The summed E-state index contributed by atoms with van der Waals surface area (Å²) in [5.74, 6) is 1.04. The quantitative estimate of drug-likeness (QED) is 0.222. The van der Waals surface area contributed by atoms with Gasteiger partial charge in [0.15, 0.2) is 0 Å². The predicted octanol–water partition coefficient (Wildman–Crippen LogP) is 5.60. The summed E-state index contributed by atoms with van der Waals surface area (Å²) in [5, 5.41) is 2.30. The van der Waals surface area contributed by atoms with Crippen LogP contribution in [-0.2, 0) is 12.8 Å². The van der Waals surface area contributed by atoms with Gasteiger partial charge in [-0.15, -0.1) is 0 Å². The molecule has 0 spiro atoms. The van der Waals surface area contributed by atoms with Crippen molar-refractivity contribution >= 4 is 16.6 Å². The molecule has 33 heavy (non-hydrogen) atoms. The molecule has 0 saturated heterocycles. The van der Waals surface area contributed by atoms with E-state index in [2.05, 4.69) is 42.2 Å². The SMILES string of the molecule is CCCN=C(N)c1cccc(F)c1CCc1c(OCCCCN(C)C)ccc2ccccc12. The van der Waals surface area contributed by atoms with Crippen LogP contribution in [-0.4, -0.2) is 44.5 Å². The molecule has 0 bridgehead atoms. The Morgan fingerprint density at radius 1 is 0.970 bits per heavy atom. The van der Waals surface area contributed by atoms with Crippen molar-refractivity contribution in [2.45, 2.75) is 39.0 Å². The second-order valence-electron chi connectivity index (χ2n) is 8.66. The fourth-order valence-corrected chi connectivity index (χ4v) is 4.04. The first kappa shape index (κ1) is 24.7. The smallest absolute Gasteiger partial charge is 0.127 e. The van der Waals surface area contributed by atoms with E-state index in [0.29, 0.717) is 43.0 Å². The molecule has 0 atom stereocenters. The number of hydrogen-bond donors (Lipinski definition) is 1. The minimum atomic E-state index is -0.242. The summed E-state index contributed by atoms with van der Waals surface area (Å²) in [6, 6.07) is 17.5. The molecule has 3 rings (SSSR count). The zero-order valence-corrected chi connectivity index (χ0v) is 20.1. The van der Waals surface area contributed by atoms with E-state index < -0.39 is 0 Å². The number of halogens is 1. The Bertz CT molecular complexity index is 1080. The molecule has 0 heterocycles. The van der Waals surface area contributed by atoms with E-state index in [4.69, 9.17) is 10.5 Å². The van der Waals surface area contributed by atoms with Crippen molar-refractivity contribution in [2.75, 3.05) is 33.8 Å². The number of fused-ring (bicyclic) bond motifs is 1. The topological polar surface area (TPSA) is 50.9 Å². The lowest BCUT2D eigenvalue weighted by Crippen LogP contribution is -2.18. The van der Waals surface area contributed by atoms with Crippen LogP contribution in [0.4, 0.5) is 4.39 Å². The van der Waals surface area contributed by atoms with Crippen LogP contribution < -0.4 is 10.5 Å². The van der Waals surface area contributed by atoms with Gasteiger partial charge in [-0.1, -0.05) is 49.4 Å². The summed E-state index contributed by atoms with van der Waals surface area (Å²) in [4.78, 5) is 6.59. The van der Waals surface area contributed by atoms with Crippen molar-refractivity contribution in [2.24, 2.45) is 10.7 Å². The Labute approximate surface area is 197 Å². The van der Waals surface area contributed by atoms with Gasteiger partial charge in [-0.25, -0.2) is 4.39 Å². The van der Waals surface area contributed by atoms with Crippen molar-refractivity contribution in [1.29, 1.82) is 0 Å². The van der Waals surface area contributed by atoms with Gasteiger partial charge >= 0.3 is 0 Å². The average Bonchev–Trinajstić information content (AvgIpc) is 2.81. The second-order valence-corrected chi connectivity index (χ2v) is 8.66. The van der Waals surface area contributed by atoms with E-state index in [-0.39, 0.29) is 5.82 Å². The van der Waals surface area contributed by atoms with Crippen LogP contribution in [0.5, 0.6) is 5.75 Å². The number of nitrogens with zero attached hydrogens (tertiary/aromatic N) is 2. The summed E-state index contributed by atoms with van der Waals surface area (Å²) >= 11 is 0. The number of aryl methyl sites for hydroxylation is 1. The van der Waals surface area contributed by atoms with Crippen LogP contribution in [0.25, 0.3) is 10.8 Å². The molecule has 0 aliphatic heterocycles. The molecule has 3 aromatic rings. The van der Waals surface area contributed by atoms with Gasteiger partial charge in [-0.05, 0) is 81.2 Å². The summed E-state index contributed by atoms with van der Waals surface area (Å²) < 4.78 is 21.1. The summed E-state index contributed by atoms with van der Waals surface area (Å²) in [6.07, 6.45) is 4.16. The van der Waals surface area contributed by atoms with Crippen LogP contribution >= 0.6 is 0 Å². The highest BCUT2D eigenvalue weighted by molar-refractivity contribution is 5.99. The zero-order chi connectivity index (χ0) is 23.6. The summed E-state index contributed by atoms with van der Waals surface area (Å²) in [7, 11) is 4.16. The normalized spacial score (nSPS) is 12.0. The van der Waals surface area contributed by atoms with Crippen LogP contribution in [0.15, 0.2) is 59.6 Å². The van der Waals surface area contributed by atoms with Crippen molar-refractivity contribution < 1.29 is 9.13 Å². The van der Waals surface area contributed by atoms with Crippen molar-refractivity contribution in [3.8, 4) is 5.75 Å². The van der Waals surface area contributed by atoms with Gasteiger partial charge in [0.2, 0.25) is 0 Å². The maximum absolute atomic E-state index is 14.9. The predicted molar refractivity (Wildman–Crippen MR) is 137 cm³/mol. The maximum Gasteiger partial charge on any atom is 0.127 e. The Morgan fingerprint density at radius 2 is 1.76 bits per heavy atom. The number of ether oxygens (including phenoxy) is 1. The molecular formula is C28H36FN3O. The molecule has 2 N–H and O–H groups in total. The van der Waals surface area contributed by atoms with Gasteiger partial charge < -0.3 is 15.4 Å². The molecule has 4 nitrogen and oxygen atoms in total. The third-order valence-electron chi connectivity index (χ3n) is 5.78. The van der Waals surface area contributed by atoms with Gasteiger partial charge in [-0.2, -0.15) is 0 Å². The third-order valence-corrected chi connectivity index (χ3v) is 5.78. The lowest BCUT2D eigenvalue weighted by atomic mass is 9.95. The number of hydrogen-bond acceptors (Lipinski definition) is 3. The first-order valence-corrected chi connectivity index (χ1v) is 11.9. The Kier molecular flexibility index (Phi) is 9.25.